The van der Waals surface area contributed by atoms with Crippen LogP contribution in [0.4, 0.5) is 0 Å². The number of rotatable bonds is 3. The van der Waals surface area contributed by atoms with Gasteiger partial charge < -0.3 is 10.6 Å². The molecule has 1 saturated heterocycles. The van der Waals surface area contributed by atoms with Crippen LogP contribution in [0.25, 0.3) is 11.0 Å². The number of aromatic nitrogens is 3. The summed E-state index contributed by atoms with van der Waals surface area (Å²) in [5, 5.41) is 9.64. The maximum absolute atomic E-state index is 12.4. The van der Waals surface area contributed by atoms with E-state index in [1.807, 2.05) is 13.8 Å². The van der Waals surface area contributed by atoms with Gasteiger partial charge in [-0.1, -0.05) is 0 Å². The van der Waals surface area contributed by atoms with Gasteiger partial charge in [-0.2, -0.15) is 0 Å². The number of H-pyrrole nitrogens is 1. The highest BCUT2D eigenvalue weighted by atomic mass is 16.1. The molecule has 7 heteroatoms. The van der Waals surface area contributed by atoms with Crippen LogP contribution in [0.15, 0.2) is 4.79 Å². The fourth-order valence-corrected chi connectivity index (χ4v) is 3.32. The largest absolute Gasteiger partial charge is 0.352 e. The second-order valence-electron chi connectivity index (χ2n) is 6.29. The van der Waals surface area contributed by atoms with Crippen molar-refractivity contribution in [3.63, 3.8) is 0 Å². The summed E-state index contributed by atoms with van der Waals surface area (Å²) < 4.78 is 1.62. The van der Waals surface area contributed by atoms with Gasteiger partial charge in [0.25, 0.3) is 5.56 Å². The fraction of sp³-hybridized carbons (Fsp3) is 0.562. The molecule has 2 aromatic rings. The molecular weight excluding hydrogens is 294 g/mol. The predicted octanol–water partition coefficient (Wildman–Crippen LogP) is 0.289. The first-order chi connectivity index (χ1) is 11.0. The molecule has 3 heterocycles. The van der Waals surface area contributed by atoms with Gasteiger partial charge in [-0.05, 0) is 44.4 Å². The fourth-order valence-electron chi connectivity index (χ4n) is 3.32. The smallest absolute Gasteiger partial charge is 0.273 e. The van der Waals surface area contributed by atoms with Crippen LogP contribution in [0.5, 0.6) is 0 Å². The van der Waals surface area contributed by atoms with E-state index in [2.05, 4.69) is 20.7 Å². The van der Waals surface area contributed by atoms with E-state index < -0.39 is 0 Å². The summed E-state index contributed by atoms with van der Waals surface area (Å²) in [4.78, 5) is 28.9. The summed E-state index contributed by atoms with van der Waals surface area (Å²) in [6.45, 7) is 5.60. The van der Waals surface area contributed by atoms with Crippen LogP contribution in [-0.4, -0.2) is 39.8 Å². The number of amides is 1. The van der Waals surface area contributed by atoms with Gasteiger partial charge in [-0.25, -0.2) is 4.98 Å². The molecule has 0 radical (unpaired) electrons. The molecule has 1 unspecified atom stereocenters. The van der Waals surface area contributed by atoms with E-state index in [4.69, 9.17) is 0 Å². The number of piperidine rings is 1. The van der Waals surface area contributed by atoms with E-state index in [9.17, 15) is 9.59 Å². The average Bonchev–Trinajstić information content (AvgIpc) is 2.79. The first kappa shape index (κ1) is 15.7. The molecule has 7 nitrogen and oxygen atoms in total. The van der Waals surface area contributed by atoms with Gasteiger partial charge in [-0.3, -0.25) is 19.4 Å². The minimum absolute atomic E-state index is 0.0154. The van der Waals surface area contributed by atoms with Gasteiger partial charge in [0.2, 0.25) is 5.91 Å². The van der Waals surface area contributed by atoms with Crippen LogP contribution in [0.3, 0.4) is 0 Å². The second-order valence-corrected chi connectivity index (χ2v) is 6.29. The SMILES string of the molecule is Cc1nc2c(c(C)c1CC(=O)NC1CCCNC1)c(=O)[nH]n2C. The summed E-state index contributed by atoms with van der Waals surface area (Å²) in [5.74, 6) is -0.0154. The Morgan fingerprint density at radius 2 is 2.22 bits per heavy atom. The van der Waals surface area contributed by atoms with Crippen LogP contribution < -0.4 is 16.2 Å². The highest BCUT2D eigenvalue weighted by Gasteiger charge is 2.19. The summed E-state index contributed by atoms with van der Waals surface area (Å²) in [6, 6.07) is 0.189. The number of aromatic amines is 1. The zero-order chi connectivity index (χ0) is 16.6. The number of fused-ring (bicyclic) bond motifs is 1. The Bertz CT molecular complexity index is 799. The molecular formula is C16H23N5O2. The normalized spacial score (nSPS) is 18.3. The van der Waals surface area contributed by atoms with Gasteiger partial charge in [0.15, 0.2) is 5.65 Å². The van der Waals surface area contributed by atoms with Crippen molar-refractivity contribution in [2.24, 2.45) is 7.05 Å². The van der Waals surface area contributed by atoms with Gasteiger partial charge in [0.05, 0.1) is 11.8 Å². The lowest BCUT2D eigenvalue weighted by molar-refractivity contribution is -0.121. The molecule has 1 aliphatic rings. The lowest BCUT2D eigenvalue weighted by Gasteiger charge is -2.24. The van der Waals surface area contributed by atoms with Gasteiger partial charge in [-0.15, -0.1) is 0 Å². The third-order valence-corrected chi connectivity index (χ3v) is 4.57. The minimum atomic E-state index is -0.161. The van der Waals surface area contributed by atoms with E-state index in [1.54, 1.807) is 11.7 Å². The molecule has 0 saturated carbocycles. The standard InChI is InChI=1S/C16H23N5O2/c1-9-12(7-13(22)19-11-5-4-6-17-8-11)10(2)18-15-14(9)16(23)20-21(15)3/h11,17H,4-8H2,1-3H3,(H,19,22)(H,20,23). The number of aryl methyl sites for hydroxylation is 3. The van der Waals surface area contributed by atoms with Crippen molar-refractivity contribution < 1.29 is 4.79 Å². The molecule has 0 bridgehead atoms. The van der Waals surface area contributed by atoms with Crippen molar-refractivity contribution in [3.8, 4) is 0 Å². The van der Waals surface area contributed by atoms with E-state index in [0.29, 0.717) is 11.0 Å². The van der Waals surface area contributed by atoms with Crippen molar-refractivity contribution in [1.29, 1.82) is 0 Å². The molecule has 0 aromatic carbocycles. The second kappa shape index (κ2) is 6.16. The van der Waals surface area contributed by atoms with Crippen molar-refractivity contribution in [1.82, 2.24) is 25.4 Å². The molecule has 0 spiro atoms. The lowest BCUT2D eigenvalue weighted by Crippen LogP contribution is -2.46. The van der Waals surface area contributed by atoms with E-state index >= 15 is 0 Å². The quantitative estimate of drug-likeness (QED) is 0.759. The van der Waals surface area contributed by atoms with Crippen molar-refractivity contribution >= 4 is 16.9 Å². The third-order valence-electron chi connectivity index (χ3n) is 4.57. The monoisotopic (exact) mass is 317 g/mol. The highest BCUT2D eigenvalue weighted by Crippen LogP contribution is 2.20. The topological polar surface area (TPSA) is 91.8 Å². The Morgan fingerprint density at radius 1 is 1.43 bits per heavy atom. The Balaban J connectivity index is 1.86. The molecule has 1 fully saturated rings. The van der Waals surface area contributed by atoms with Crippen molar-refractivity contribution in [2.45, 2.75) is 39.2 Å². The summed E-state index contributed by atoms with van der Waals surface area (Å²) in [5.41, 5.74) is 2.94. The van der Waals surface area contributed by atoms with Gasteiger partial charge in [0.1, 0.15) is 0 Å². The average molecular weight is 317 g/mol. The number of carbonyl (C=O) groups excluding carboxylic acids is 1. The van der Waals surface area contributed by atoms with Crippen LogP contribution in [-0.2, 0) is 18.3 Å². The van der Waals surface area contributed by atoms with E-state index in [1.165, 1.54) is 0 Å². The summed E-state index contributed by atoms with van der Waals surface area (Å²) >= 11 is 0. The molecule has 124 valence electrons. The predicted molar refractivity (Wildman–Crippen MR) is 88.5 cm³/mol. The van der Waals surface area contributed by atoms with Crippen LogP contribution in [0.1, 0.15) is 29.7 Å². The molecule has 3 N–H and O–H groups in total. The Kier molecular flexibility index (Phi) is 4.21. The zero-order valence-electron chi connectivity index (χ0n) is 13.8. The van der Waals surface area contributed by atoms with E-state index in [0.717, 1.165) is 42.8 Å². The number of hydrogen-bond acceptors (Lipinski definition) is 4. The van der Waals surface area contributed by atoms with Crippen LogP contribution >= 0.6 is 0 Å². The molecule has 1 amide bonds. The van der Waals surface area contributed by atoms with Gasteiger partial charge in [0, 0.05) is 25.3 Å². The van der Waals surface area contributed by atoms with Crippen LogP contribution in [0, 0.1) is 13.8 Å². The molecule has 1 aliphatic heterocycles. The van der Waals surface area contributed by atoms with Crippen molar-refractivity contribution in [2.75, 3.05) is 13.1 Å². The Hall–Kier alpha value is -2.15. The highest BCUT2D eigenvalue weighted by molar-refractivity contribution is 5.84. The maximum Gasteiger partial charge on any atom is 0.273 e. The third kappa shape index (κ3) is 3.01. The lowest BCUT2D eigenvalue weighted by atomic mass is 10.0. The number of hydrogen-bond donors (Lipinski definition) is 3. The number of nitrogens with zero attached hydrogens (tertiary/aromatic N) is 2. The Labute approximate surface area is 134 Å². The first-order valence-electron chi connectivity index (χ1n) is 8.02. The van der Waals surface area contributed by atoms with Crippen LogP contribution in [0.2, 0.25) is 0 Å². The number of pyridine rings is 1. The summed E-state index contributed by atoms with van der Waals surface area (Å²) in [7, 11) is 1.76. The number of carbonyl (C=O) groups is 1. The molecule has 23 heavy (non-hydrogen) atoms. The summed E-state index contributed by atoms with van der Waals surface area (Å²) in [6.07, 6.45) is 2.34. The Morgan fingerprint density at radius 3 is 2.91 bits per heavy atom. The van der Waals surface area contributed by atoms with E-state index in [-0.39, 0.29) is 23.9 Å². The maximum atomic E-state index is 12.4. The van der Waals surface area contributed by atoms with Crippen molar-refractivity contribution in [3.05, 3.63) is 27.2 Å². The zero-order valence-corrected chi connectivity index (χ0v) is 13.8. The first-order valence-corrected chi connectivity index (χ1v) is 8.02. The number of nitrogens with one attached hydrogen (secondary N) is 3. The molecule has 0 aliphatic carbocycles. The molecule has 2 aromatic heterocycles. The van der Waals surface area contributed by atoms with Gasteiger partial charge >= 0.3 is 0 Å². The minimum Gasteiger partial charge on any atom is -0.352 e. The molecule has 1 atom stereocenters. The molecule has 3 rings (SSSR count).